The van der Waals surface area contributed by atoms with E-state index in [1.165, 1.54) is 31.7 Å². The number of carbonyl (C=O) groups is 1. The zero-order valence-electron chi connectivity index (χ0n) is 13.1. The number of fused-ring (bicyclic) bond motifs is 2. The van der Waals surface area contributed by atoms with Crippen LogP contribution in [0.4, 0.5) is 11.4 Å². The van der Waals surface area contributed by atoms with Crippen molar-refractivity contribution >= 4 is 17.3 Å². The van der Waals surface area contributed by atoms with E-state index in [4.69, 9.17) is 0 Å². The third kappa shape index (κ3) is 2.72. The largest absolute Gasteiger partial charge is 0.315 e. The van der Waals surface area contributed by atoms with Crippen molar-refractivity contribution in [3.8, 4) is 0 Å². The van der Waals surface area contributed by atoms with Gasteiger partial charge in [0.1, 0.15) is 0 Å². The first-order valence-corrected chi connectivity index (χ1v) is 7.97. The molecule has 2 saturated carbocycles. The molecular weight excluding hydrogens is 280 g/mol. The zero-order chi connectivity index (χ0) is 15.9. The monoisotopic (exact) mass is 302 g/mol. The zero-order valence-corrected chi connectivity index (χ0v) is 13.1. The Hall–Kier alpha value is -1.91. The molecule has 0 aromatic heterocycles. The summed E-state index contributed by atoms with van der Waals surface area (Å²) in [6.07, 6.45) is 5.73. The van der Waals surface area contributed by atoms with Crippen molar-refractivity contribution in [2.45, 2.75) is 39.0 Å². The highest BCUT2D eigenvalue weighted by molar-refractivity contribution is 5.93. The first-order chi connectivity index (χ1) is 10.5. The predicted molar refractivity (Wildman–Crippen MR) is 84.8 cm³/mol. The van der Waals surface area contributed by atoms with E-state index in [2.05, 4.69) is 0 Å². The van der Waals surface area contributed by atoms with Crippen LogP contribution < -0.4 is 4.90 Å². The van der Waals surface area contributed by atoms with Gasteiger partial charge in [0, 0.05) is 30.8 Å². The molecule has 22 heavy (non-hydrogen) atoms. The van der Waals surface area contributed by atoms with E-state index in [0.717, 1.165) is 17.5 Å². The summed E-state index contributed by atoms with van der Waals surface area (Å²) < 4.78 is 0. The minimum atomic E-state index is -0.393. The first-order valence-electron chi connectivity index (χ1n) is 7.97. The maximum atomic E-state index is 12.5. The molecule has 2 aliphatic rings. The van der Waals surface area contributed by atoms with Crippen LogP contribution in [0.1, 0.15) is 37.7 Å². The average Bonchev–Trinajstić information content (AvgIpc) is 3.08. The molecule has 0 unspecified atom stereocenters. The molecule has 1 amide bonds. The Balaban J connectivity index is 1.68. The van der Waals surface area contributed by atoms with Gasteiger partial charge in [-0.1, -0.05) is 6.42 Å². The molecule has 1 aromatic rings. The van der Waals surface area contributed by atoms with Crippen molar-refractivity contribution < 1.29 is 9.72 Å². The standard InChI is InChI=1S/C17H22N2O3/c1-11-7-15(5-6-16(11)19(21)22)18(2)17(20)10-14-9-12-3-4-13(14)8-12/h5-7,12-14H,3-4,8-10H2,1-2H3/t12-,13-,14-/m0/s1. The molecule has 2 fully saturated rings. The Morgan fingerprint density at radius 2 is 2.14 bits per heavy atom. The number of aryl methyl sites for hydroxylation is 1. The van der Waals surface area contributed by atoms with Crippen LogP contribution in [0.2, 0.25) is 0 Å². The van der Waals surface area contributed by atoms with Crippen LogP contribution >= 0.6 is 0 Å². The molecule has 0 spiro atoms. The topological polar surface area (TPSA) is 63.5 Å². The SMILES string of the molecule is Cc1cc(N(C)C(=O)C[C@@H]2C[C@H]3CC[C@H]2C3)ccc1[N+](=O)[O-]. The number of hydrogen-bond acceptors (Lipinski definition) is 3. The van der Waals surface area contributed by atoms with Gasteiger partial charge in [-0.05, 0) is 56.1 Å². The summed E-state index contributed by atoms with van der Waals surface area (Å²) in [7, 11) is 1.76. The number of amides is 1. The van der Waals surface area contributed by atoms with Crippen LogP contribution in [0, 0.1) is 34.8 Å². The molecule has 2 aliphatic carbocycles. The lowest BCUT2D eigenvalue weighted by molar-refractivity contribution is -0.385. The molecule has 0 radical (unpaired) electrons. The van der Waals surface area contributed by atoms with Crippen molar-refractivity contribution in [1.29, 1.82) is 0 Å². The molecule has 0 heterocycles. The lowest BCUT2D eigenvalue weighted by Gasteiger charge is -2.24. The second-order valence-corrected chi connectivity index (χ2v) is 6.82. The van der Waals surface area contributed by atoms with Gasteiger partial charge in [-0.2, -0.15) is 0 Å². The molecule has 3 rings (SSSR count). The van der Waals surface area contributed by atoms with Crippen LogP contribution in [-0.4, -0.2) is 17.9 Å². The third-order valence-electron chi connectivity index (χ3n) is 5.46. The van der Waals surface area contributed by atoms with Crippen LogP contribution in [0.3, 0.4) is 0 Å². The summed E-state index contributed by atoms with van der Waals surface area (Å²) in [5.74, 6) is 2.23. The normalized spacial score (nSPS) is 26.2. The fourth-order valence-corrected chi connectivity index (χ4v) is 4.18. The van der Waals surface area contributed by atoms with Gasteiger partial charge < -0.3 is 4.90 Å². The van der Waals surface area contributed by atoms with E-state index in [1.54, 1.807) is 31.0 Å². The quantitative estimate of drug-likeness (QED) is 0.629. The number of nitro groups is 1. The molecule has 0 saturated heterocycles. The summed E-state index contributed by atoms with van der Waals surface area (Å²) in [5.41, 5.74) is 1.41. The Morgan fingerprint density at radius 3 is 2.68 bits per heavy atom. The second-order valence-electron chi connectivity index (χ2n) is 6.82. The van der Waals surface area contributed by atoms with E-state index in [1.807, 2.05) is 0 Å². The highest BCUT2D eigenvalue weighted by Crippen LogP contribution is 2.49. The van der Waals surface area contributed by atoms with Gasteiger partial charge in [0.25, 0.3) is 5.69 Å². The maximum Gasteiger partial charge on any atom is 0.272 e. The van der Waals surface area contributed by atoms with Gasteiger partial charge in [-0.15, -0.1) is 0 Å². The predicted octanol–water partition coefficient (Wildman–Crippen LogP) is 3.69. The van der Waals surface area contributed by atoms with Gasteiger partial charge in [0.05, 0.1) is 4.92 Å². The fourth-order valence-electron chi connectivity index (χ4n) is 4.18. The van der Waals surface area contributed by atoms with Gasteiger partial charge in [-0.25, -0.2) is 0 Å². The van der Waals surface area contributed by atoms with E-state index < -0.39 is 4.92 Å². The number of hydrogen-bond donors (Lipinski definition) is 0. The Kier molecular flexibility index (Phi) is 3.89. The van der Waals surface area contributed by atoms with Crippen LogP contribution in [0.5, 0.6) is 0 Å². The van der Waals surface area contributed by atoms with Crippen molar-refractivity contribution in [3.05, 3.63) is 33.9 Å². The van der Waals surface area contributed by atoms with Crippen LogP contribution in [0.15, 0.2) is 18.2 Å². The number of nitro benzene ring substituents is 1. The van der Waals surface area contributed by atoms with Gasteiger partial charge >= 0.3 is 0 Å². The summed E-state index contributed by atoms with van der Waals surface area (Å²) in [5, 5.41) is 10.9. The average molecular weight is 302 g/mol. The summed E-state index contributed by atoms with van der Waals surface area (Å²) in [4.78, 5) is 24.6. The van der Waals surface area contributed by atoms with E-state index in [0.29, 0.717) is 17.9 Å². The lowest BCUT2D eigenvalue weighted by atomic mass is 9.86. The number of anilines is 1. The Bertz CT molecular complexity index is 614. The maximum absolute atomic E-state index is 12.5. The molecule has 0 N–H and O–H groups in total. The van der Waals surface area contributed by atoms with Gasteiger partial charge in [0.15, 0.2) is 0 Å². The van der Waals surface area contributed by atoms with E-state index in [-0.39, 0.29) is 11.6 Å². The fraction of sp³-hybridized carbons (Fsp3) is 0.588. The van der Waals surface area contributed by atoms with Crippen molar-refractivity contribution in [2.75, 3.05) is 11.9 Å². The molecule has 5 heteroatoms. The van der Waals surface area contributed by atoms with Crippen LogP contribution in [-0.2, 0) is 4.79 Å². The number of nitrogens with zero attached hydrogens (tertiary/aromatic N) is 2. The number of benzene rings is 1. The van der Waals surface area contributed by atoms with E-state index >= 15 is 0 Å². The molecule has 3 atom stereocenters. The minimum absolute atomic E-state index is 0.0951. The van der Waals surface area contributed by atoms with E-state index in [9.17, 15) is 14.9 Å². The Morgan fingerprint density at radius 1 is 1.36 bits per heavy atom. The molecule has 5 nitrogen and oxygen atoms in total. The third-order valence-corrected chi connectivity index (χ3v) is 5.46. The van der Waals surface area contributed by atoms with Gasteiger partial charge in [0.2, 0.25) is 5.91 Å². The van der Waals surface area contributed by atoms with Crippen molar-refractivity contribution in [2.24, 2.45) is 17.8 Å². The lowest BCUT2D eigenvalue weighted by Crippen LogP contribution is -2.29. The molecule has 1 aromatic carbocycles. The first kappa shape index (κ1) is 15.0. The minimum Gasteiger partial charge on any atom is -0.315 e. The summed E-state index contributed by atoms with van der Waals surface area (Å²) in [6.45, 7) is 1.70. The molecule has 0 aliphatic heterocycles. The highest BCUT2D eigenvalue weighted by atomic mass is 16.6. The second kappa shape index (κ2) is 5.71. The summed E-state index contributed by atoms with van der Waals surface area (Å²) in [6, 6.07) is 4.85. The van der Waals surface area contributed by atoms with Gasteiger partial charge in [-0.3, -0.25) is 14.9 Å². The molecule has 118 valence electrons. The summed E-state index contributed by atoms with van der Waals surface area (Å²) >= 11 is 0. The van der Waals surface area contributed by atoms with Crippen LogP contribution in [0.25, 0.3) is 0 Å². The molecular formula is C17H22N2O3. The molecule has 2 bridgehead atoms. The number of carbonyl (C=O) groups excluding carboxylic acids is 1. The highest BCUT2D eigenvalue weighted by Gasteiger charge is 2.40. The van der Waals surface area contributed by atoms with Crippen molar-refractivity contribution in [3.63, 3.8) is 0 Å². The smallest absolute Gasteiger partial charge is 0.272 e. The number of rotatable bonds is 4. The van der Waals surface area contributed by atoms with Crippen molar-refractivity contribution in [1.82, 2.24) is 0 Å². The Labute approximate surface area is 130 Å².